The van der Waals surface area contributed by atoms with E-state index < -0.39 is 0 Å². The van der Waals surface area contributed by atoms with Gasteiger partial charge in [0.05, 0.1) is 7.11 Å². The fourth-order valence-electron chi connectivity index (χ4n) is 1.19. The standard InChI is InChI=1S/C11H20O2.C3H6/c1-4-5-6-7-8-9-10(2)11(12)13-3;1-3-2/h2,4-9H2,1,3H3;3H,1H2,2H3. The molecule has 0 amide bonds. The van der Waals surface area contributed by atoms with Gasteiger partial charge in [-0.1, -0.05) is 45.3 Å². The van der Waals surface area contributed by atoms with Crippen LogP contribution in [0.25, 0.3) is 0 Å². The van der Waals surface area contributed by atoms with Crippen molar-refractivity contribution in [2.45, 2.75) is 52.4 Å². The second-order valence-electron chi connectivity index (χ2n) is 3.67. The first-order valence-corrected chi connectivity index (χ1v) is 5.97. The molecule has 0 aliphatic rings. The van der Waals surface area contributed by atoms with Crippen LogP contribution in [-0.4, -0.2) is 13.1 Å². The molecule has 0 rings (SSSR count). The van der Waals surface area contributed by atoms with Gasteiger partial charge in [-0.15, -0.1) is 6.58 Å². The molecule has 0 N–H and O–H groups in total. The van der Waals surface area contributed by atoms with Crippen LogP contribution < -0.4 is 0 Å². The molecule has 0 spiro atoms. The molecule has 2 nitrogen and oxygen atoms in total. The summed E-state index contributed by atoms with van der Waals surface area (Å²) in [6.45, 7) is 11.1. The van der Waals surface area contributed by atoms with Crippen LogP contribution in [0.2, 0.25) is 0 Å². The van der Waals surface area contributed by atoms with E-state index in [2.05, 4.69) is 24.8 Å². The Kier molecular flexibility index (Phi) is 15.1. The molecule has 0 atom stereocenters. The molecular formula is C14H26O2. The van der Waals surface area contributed by atoms with E-state index in [1.807, 2.05) is 6.92 Å². The van der Waals surface area contributed by atoms with Gasteiger partial charge >= 0.3 is 5.97 Å². The molecule has 0 saturated heterocycles. The Bertz CT molecular complexity index is 195. The molecule has 0 aromatic rings. The number of methoxy groups -OCH3 is 1. The first kappa shape index (κ1) is 17.3. The van der Waals surface area contributed by atoms with Gasteiger partial charge in [-0.05, 0) is 19.8 Å². The Balaban J connectivity index is 0. The minimum absolute atomic E-state index is 0.268. The van der Waals surface area contributed by atoms with Crippen molar-refractivity contribution in [2.24, 2.45) is 0 Å². The summed E-state index contributed by atoms with van der Waals surface area (Å²) >= 11 is 0. The number of unbranched alkanes of at least 4 members (excludes halogenated alkanes) is 4. The Morgan fingerprint density at radius 2 is 1.75 bits per heavy atom. The largest absolute Gasteiger partial charge is 0.466 e. The Morgan fingerprint density at radius 3 is 2.19 bits per heavy atom. The Morgan fingerprint density at radius 1 is 1.25 bits per heavy atom. The fourth-order valence-corrected chi connectivity index (χ4v) is 1.19. The summed E-state index contributed by atoms with van der Waals surface area (Å²) in [5, 5.41) is 0. The van der Waals surface area contributed by atoms with Crippen LogP contribution in [0.3, 0.4) is 0 Å². The van der Waals surface area contributed by atoms with Crippen LogP contribution in [0.15, 0.2) is 24.8 Å². The highest BCUT2D eigenvalue weighted by atomic mass is 16.5. The van der Waals surface area contributed by atoms with Gasteiger partial charge in [-0.3, -0.25) is 0 Å². The van der Waals surface area contributed by atoms with E-state index in [1.165, 1.54) is 32.8 Å². The average Bonchev–Trinajstić information content (AvgIpc) is 2.28. The number of rotatable bonds is 7. The average molecular weight is 226 g/mol. The summed E-state index contributed by atoms with van der Waals surface area (Å²) in [6, 6.07) is 0. The zero-order valence-corrected chi connectivity index (χ0v) is 11.1. The zero-order chi connectivity index (χ0) is 12.8. The van der Waals surface area contributed by atoms with Crippen molar-refractivity contribution < 1.29 is 9.53 Å². The molecule has 0 aliphatic carbocycles. The van der Waals surface area contributed by atoms with E-state index in [4.69, 9.17) is 0 Å². The number of hydrogen-bond donors (Lipinski definition) is 0. The summed E-state index contributed by atoms with van der Waals surface area (Å²) < 4.78 is 4.55. The van der Waals surface area contributed by atoms with Crippen molar-refractivity contribution in [3.05, 3.63) is 24.8 Å². The number of allylic oxidation sites excluding steroid dienone is 1. The minimum atomic E-state index is -0.268. The maximum atomic E-state index is 10.9. The highest BCUT2D eigenvalue weighted by Crippen LogP contribution is 2.10. The predicted molar refractivity (Wildman–Crippen MR) is 70.4 cm³/mol. The van der Waals surface area contributed by atoms with E-state index in [0.29, 0.717) is 5.57 Å². The monoisotopic (exact) mass is 226 g/mol. The van der Waals surface area contributed by atoms with Gasteiger partial charge < -0.3 is 4.74 Å². The van der Waals surface area contributed by atoms with E-state index >= 15 is 0 Å². The smallest absolute Gasteiger partial charge is 0.333 e. The van der Waals surface area contributed by atoms with Gasteiger partial charge in [0.25, 0.3) is 0 Å². The van der Waals surface area contributed by atoms with Crippen LogP contribution in [-0.2, 0) is 9.53 Å². The van der Waals surface area contributed by atoms with Crippen LogP contribution in [0.5, 0.6) is 0 Å². The van der Waals surface area contributed by atoms with Crippen molar-refractivity contribution in [1.29, 1.82) is 0 Å². The third-order valence-corrected chi connectivity index (χ3v) is 2.06. The fraction of sp³-hybridized carbons (Fsp3) is 0.643. The van der Waals surface area contributed by atoms with E-state index in [0.717, 1.165) is 12.8 Å². The zero-order valence-electron chi connectivity index (χ0n) is 11.1. The molecule has 0 fully saturated rings. The predicted octanol–water partition coefficient (Wildman–Crippen LogP) is 4.27. The van der Waals surface area contributed by atoms with Crippen molar-refractivity contribution in [3.8, 4) is 0 Å². The van der Waals surface area contributed by atoms with Gasteiger partial charge in [0.2, 0.25) is 0 Å². The summed E-state index contributed by atoms with van der Waals surface area (Å²) in [5.41, 5.74) is 0.596. The summed E-state index contributed by atoms with van der Waals surface area (Å²) in [6.07, 6.45) is 8.54. The second kappa shape index (κ2) is 13.9. The van der Waals surface area contributed by atoms with E-state index in [-0.39, 0.29) is 5.97 Å². The van der Waals surface area contributed by atoms with E-state index in [1.54, 1.807) is 6.08 Å². The van der Waals surface area contributed by atoms with Gasteiger partial charge in [-0.2, -0.15) is 0 Å². The van der Waals surface area contributed by atoms with Gasteiger partial charge in [0, 0.05) is 5.57 Å². The first-order chi connectivity index (χ1) is 7.63. The van der Waals surface area contributed by atoms with Gasteiger partial charge in [0.15, 0.2) is 0 Å². The lowest BCUT2D eigenvalue weighted by Crippen LogP contribution is -2.03. The maximum Gasteiger partial charge on any atom is 0.333 e. The summed E-state index contributed by atoms with van der Waals surface area (Å²) in [5.74, 6) is -0.268. The molecule has 0 bridgehead atoms. The topological polar surface area (TPSA) is 26.3 Å². The lowest BCUT2D eigenvalue weighted by atomic mass is 10.1. The molecule has 0 aromatic carbocycles. The number of carbonyl (C=O) groups is 1. The van der Waals surface area contributed by atoms with Crippen LogP contribution in [0, 0.1) is 0 Å². The lowest BCUT2D eigenvalue weighted by molar-refractivity contribution is -0.136. The molecule has 0 heterocycles. The summed E-state index contributed by atoms with van der Waals surface area (Å²) in [7, 11) is 1.39. The Hall–Kier alpha value is -1.05. The van der Waals surface area contributed by atoms with Crippen molar-refractivity contribution in [2.75, 3.05) is 7.11 Å². The molecule has 0 saturated carbocycles. The van der Waals surface area contributed by atoms with Crippen molar-refractivity contribution in [3.63, 3.8) is 0 Å². The SMILES string of the molecule is C=C(CCCCCCC)C(=O)OC.C=CC. The molecular weight excluding hydrogens is 200 g/mol. The third-order valence-electron chi connectivity index (χ3n) is 2.06. The highest BCUT2D eigenvalue weighted by Gasteiger charge is 2.04. The van der Waals surface area contributed by atoms with Crippen molar-refractivity contribution >= 4 is 5.97 Å². The number of hydrogen-bond acceptors (Lipinski definition) is 2. The molecule has 94 valence electrons. The van der Waals surface area contributed by atoms with Gasteiger partial charge in [0.1, 0.15) is 0 Å². The minimum Gasteiger partial charge on any atom is -0.466 e. The van der Waals surface area contributed by atoms with Crippen LogP contribution in [0.1, 0.15) is 52.4 Å². The molecule has 0 unspecified atom stereocenters. The number of carbonyl (C=O) groups excluding carboxylic acids is 1. The number of esters is 1. The molecule has 0 radical (unpaired) electrons. The molecule has 2 heteroatoms. The van der Waals surface area contributed by atoms with Crippen molar-refractivity contribution in [1.82, 2.24) is 0 Å². The van der Waals surface area contributed by atoms with Gasteiger partial charge in [-0.25, -0.2) is 4.79 Å². The highest BCUT2D eigenvalue weighted by molar-refractivity contribution is 5.87. The number of ether oxygens (including phenoxy) is 1. The quantitative estimate of drug-likeness (QED) is 0.280. The van der Waals surface area contributed by atoms with Crippen LogP contribution >= 0.6 is 0 Å². The molecule has 16 heavy (non-hydrogen) atoms. The van der Waals surface area contributed by atoms with E-state index in [9.17, 15) is 4.79 Å². The van der Waals surface area contributed by atoms with Crippen LogP contribution in [0.4, 0.5) is 0 Å². The first-order valence-electron chi connectivity index (χ1n) is 5.97. The normalized spacial score (nSPS) is 8.69. The maximum absolute atomic E-state index is 10.9. The molecule has 0 aromatic heterocycles. The second-order valence-corrected chi connectivity index (χ2v) is 3.67. The Labute approximate surface area is 100 Å². The summed E-state index contributed by atoms with van der Waals surface area (Å²) in [4.78, 5) is 10.9. The third kappa shape index (κ3) is 12.9. The molecule has 0 aliphatic heterocycles. The lowest BCUT2D eigenvalue weighted by Gasteiger charge is -2.02.